The minimum Gasteiger partial charge on any atom is -0.366 e. The van der Waals surface area contributed by atoms with E-state index < -0.39 is 17.8 Å². The number of carbonyl (C=O) groups excluding carboxylic acids is 1. The topological polar surface area (TPSA) is 85.8 Å². The fraction of sp³-hybridized carbons (Fsp3) is 0.150. The van der Waals surface area contributed by atoms with E-state index in [-0.39, 0.29) is 11.4 Å². The molecule has 1 amide bonds. The SMILES string of the molecule is CC1=C(C(N)=O)[C@@H](c2cccc(F)c2)n2nc(SCc3ccccc3F)nc2N1. The first-order chi connectivity index (χ1) is 13.9. The number of nitrogens with one attached hydrogen (secondary N) is 1. The maximum Gasteiger partial charge on any atom is 0.248 e. The van der Waals surface area contributed by atoms with Gasteiger partial charge in [-0.1, -0.05) is 42.1 Å². The number of allylic oxidation sites excluding steroid dienone is 1. The van der Waals surface area contributed by atoms with Crippen LogP contribution in [0, 0.1) is 11.6 Å². The summed E-state index contributed by atoms with van der Waals surface area (Å²) in [6.07, 6.45) is 0. The van der Waals surface area contributed by atoms with Gasteiger partial charge in [-0.2, -0.15) is 4.98 Å². The van der Waals surface area contributed by atoms with E-state index in [2.05, 4.69) is 15.4 Å². The number of hydrogen-bond acceptors (Lipinski definition) is 5. The number of benzene rings is 2. The van der Waals surface area contributed by atoms with Crippen molar-refractivity contribution in [3.63, 3.8) is 0 Å². The molecular weight excluding hydrogens is 396 g/mol. The molecule has 6 nitrogen and oxygen atoms in total. The Balaban J connectivity index is 1.70. The molecule has 2 heterocycles. The van der Waals surface area contributed by atoms with Crippen LogP contribution in [0.25, 0.3) is 0 Å². The Bertz CT molecular complexity index is 1130. The molecule has 148 valence electrons. The van der Waals surface area contributed by atoms with Crippen molar-refractivity contribution in [1.29, 1.82) is 0 Å². The first kappa shape index (κ1) is 19.1. The number of nitrogens with two attached hydrogens (primary N) is 1. The summed E-state index contributed by atoms with van der Waals surface area (Å²) < 4.78 is 29.2. The first-order valence-electron chi connectivity index (χ1n) is 8.80. The molecule has 2 aromatic carbocycles. The molecule has 0 unspecified atom stereocenters. The van der Waals surface area contributed by atoms with Crippen molar-refractivity contribution < 1.29 is 13.6 Å². The van der Waals surface area contributed by atoms with Crippen LogP contribution >= 0.6 is 11.8 Å². The number of nitrogens with zero attached hydrogens (tertiary/aromatic N) is 3. The van der Waals surface area contributed by atoms with Crippen LogP contribution < -0.4 is 11.1 Å². The Kier molecular flexibility index (Phi) is 5.06. The maximum absolute atomic E-state index is 13.9. The molecular formula is C20H17F2N5OS. The number of amides is 1. The van der Waals surface area contributed by atoms with Crippen LogP contribution in [-0.2, 0) is 10.5 Å². The standard InChI is InChI=1S/C20H17F2N5OS/c1-11-16(18(23)28)17(12-6-4-7-14(21)9-12)27-19(24-11)25-20(26-27)29-10-13-5-2-3-8-15(13)22/h2-9,17H,10H2,1H3,(H2,23,28)(H,24,25,26)/t17-/m1/s1. The molecule has 3 aromatic rings. The third-order valence-electron chi connectivity index (χ3n) is 4.58. The zero-order chi connectivity index (χ0) is 20.5. The monoisotopic (exact) mass is 413 g/mol. The highest BCUT2D eigenvalue weighted by Crippen LogP contribution is 2.36. The molecule has 29 heavy (non-hydrogen) atoms. The van der Waals surface area contributed by atoms with Crippen LogP contribution in [-0.4, -0.2) is 20.7 Å². The van der Waals surface area contributed by atoms with Crippen LogP contribution in [0.15, 0.2) is 65.0 Å². The van der Waals surface area contributed by atoms with E-state index in [1.807, 2.05) is 0 Å². The second-order valence-corrected chi connectivity index (χ2v) is 7.47. The Morgan fingerprint density at radius 3 is 2.76 bits per heavy atom. The maximum atomic E-state index is 13.9. The number of fused-ring (bicyclic) bond motifs is 1. The average Bonchev–Trinajstić information content (AvgIpc) is 3.08. The highest BCUT2D eigenvalue weighted by Gasteiger charge is 2.33. The van der Waals surface area contributed by atoms with Gasteiger partial charge in [0, 0.05) is 11.4 Å². The number of halogens is 2. The number of aromatic nitrogens is 3. The molecule has 1 aliphatic heterocycles. The Labute approximate surface area is 169 Å². The van der Waals surface area contributed by atoms with Gasteiger partial charge in [-0.05, 0) is 36.2 Å². The molecule has 4 rings (SSSR count). The van der Waals surface area contributed by atoms with E-state index in [1.165, 1.54) is 34.6 Å². The summed E-state index contributed by atoms with van der Waals surface area (Å²) in [5, 5.41) is 7.89. The van der Waals surface area contributed by atoms with Gasteiger partial charge >= 0.3 is 0 Å². The van der Waals surface area contributed by atoms with Gasteiger partial charge < -0.3 is 11.1 Å². The molecule has 0 fully saturated rings. The van der Waals surface area contributed by atoms with Crippen LogP contribution in [0.2, 0.25) is 0 Å². The Morgan fingerprint density at radius 2 is 2.03 bits per heavy atom. The smallest absolute Gasteiger partial charge is 0.248 e. The van der Waals surface area contributed by atoms with E-state index in [0.29, 0.717) is 33.7 Å². The summed E-state index contributed by atoms with van der Waals surface area (Å²) in [5.74, 6) is -0.620. The average molecular weight is 413 g/mol. The molecule has 0 saturated carbocycles. The van der Waals surface area contributed by atoms with Crippen molar-refractivity contribution in [2.75, 3.05) is 5.32 Å². The molecule has 0 radical (unpaired) electrons. The molecule has 0 spiro atoms. The molecule has 9 heteroatoms. The zero-order valence-corrected chi connectivity index (χ0v) is 16.2. The number of thioether (sulfide) groups is 1. The summed E-state index contributed by atoms with van der Waals surface area (Å²) in [6.45, 7) is 1.71. The molecule has 1 aliphatic rings. The minimum absolute atomic E-state index is 0.277. The third kappa shape index (κ3) is 3.73. The fourth-order valence-corrected chi connectivity index (χ4v) is 4.07. The van der Waals surface area contributed by atoms with Crippen molar-refractivity contribution in [2.24, 2.45) is 5.73 Å². The quantitative estimate of drug-likeness (QED) is 0.624. The largest absolute Gasteiger partial charge is 0.366 e. The van der Waals surface area contributed by atoms with Gasteiger partial charge in [-0.3, -0.25) is 4.79 Å². The van der Waals surface area contributed by atoms with E-state index in [1.54, 1.807) is 37.3 Å². The molecule has 3 N–H and O–H groups in total. The second-order valence-electron chi connectivity index (χ2n) is 6.53. The van der Waals surface area contributed by atoms with Gasteiger partial charge in [0.05, 0.1) is 5.57 Å². The Morgan fingerprint density at radius 1 is 1.24 bits per heavy atom. The predicted molar refractivity (Wildman–Crippen MR) is 106 cm³/mol. The van der Waals surface area contributed by atoms with Gasteiger partial charge in [0.2, 0.25) is 17.0 Å². The van der Waals surface area contributed by atoms with Crippen molar-refractivity contribution in [3.8, 4) is 0 Å². The zero-order valence-electron chi connectivity index (χ0n) is 15.4. The lowest BCUT2D eigenvalue weighted by molar-refractivity contribution is -0.115. The van der Waals surface area contributed by atoms with Crippen LogP contribution in [0.1, 0.15) is 24.1 Å². The second kappa shape index (κ2) is 7.67. The van der Waals surface area contributed by atoms with Crippen molar-refractivity contribution in [1.82, 2.24) is 14.8 Å². The Hall–Kier alpha value is -3.20. The molecule has 0 saturated heterocycles. The number of hydrogen-bond donors (Lipinski definition) is 2. The normalized spacial score (nSPS) is 15.8. The van der Waals surface area contributed by atoms with Gasteiger partial charge in [-0.25, -0.2) is 13.5 Å². The number of anilines is 1. The summed E-state index contributed by atoms with van der Waals surface area (Å²) in [7, 11) is 0. The number of carbonyl (C=O) groups is 1. The fourth-order valence-electron chi connectivity index (χ4n) is 3.25. The van der Waals surface area contributed by atoms with Gasteiger partial charge in [0.1, 0.15) is 17.7 Å². The highest BCUT2D eigenvalue weighted by atomic mass is 32.2. The summed E-state index contributed by atoms with van der Waals surface area (Å²) in [6, 6.07) is 11.7. The van der Waals surface area contributed by atoms with E-state index in [4.69, 9.17) is 5.73 Å². The number of primary amides is 1. The van der Waals surface area contributed by atoms with Gasteiger partial charge in [-0.15, -0.1) is 5.10 Å². The highest BCUT2D eigenvalue weighted by molar-refractivity contribution is 7.98. The minimum atomic E-state index is -0.713. The van der Waals surface area contributed by atoms with E-state index >= 15 is 0 Å². The van der Waals surface area contributed by atoms with Gasteiger partial charge in [0.25, 0.3) is 0 Å². The van der Waals surface area contributed by atoms with Gasteiger partial charge in [0.15, 0.2) is 0 Å². The molecule has 0 bridgehead atoms. The molecule has 1 aromatic heterocycles. The van der Waals surface area contributed by atoms with E-state index in [0.717, 1.165) is 0 Å². The lowest BCUT2D eigenvalue weighted by Gasteiger charge is -2.27. The van der Waals surface area contributed by atoms with E-state index in [9.17, 15) is 13.6 Å². The summed E-state index contributed by atoms with van der Waals surface area (Å²) >= 11 is 1.26. The van der Waals surface area contributed by atoms with Crippen LogP contribution in [0.4, 0.5) is 14.7 Å². The van der Waals surface area contributed by atoms with Crippen molar-refractivity contribution in [2.45, 2.75) is 23.9 Å². The molecule has 1 atom stereocenters. The predicted octanol–water partition coefficient (Wildman–Crippen LogP) is 3.62. The molecule has 0 aliphatic carbocycles. The van der Waals surface area contributed by atoms with Crippen LogP contribution in [0.5, 0.6) is 0 Å². The number of rotatable bonds is 5. The van der Waals surface area contributed by atoms with Crippen molar-refractivity contribution >= 4 is 23.6 Å². The van der Waals surface area contributed by atoms with Crippen LogP contribution in [0.3, 0.4) is 0 Å². The van der Waals surface area contributed by atoms with Crippen molar-refractivity contribution in [3.05, 3.63) is 82.6 Å². The first-order valence-corrected chi connectivity index (χ1v) is 9.78. The third-order valence-corrected chi connectivity index (χ3v) is 5.46. The lowest BCUT2D eigenvalue weighted by Crippen LogP contribution is -2.31. The summed E-state index contributed by atoms with van der Waals surface area (Å²) in [4.78, 5) is 16.6. The lowest BCUT2D eigenvalue weighted by atomic mass is 9.95. The summed E-state index contributed by atoms with van der Waals surface area (Å²) in [5.41, 5.74) is 7.46.